The predicted octanol–water partition coefficient (Wildman–Crippen LogP) is 0.897. The molecule has 0 aliphatic rings. The van der Waals surface area contributed by atoms with Gasteiger partial charge < -0.3 is 16.4 Å². The van der Waals surface area contributed by atoms with Gasteiger partial charge in [-0.05, 0) is 32.4 Å². The van der Waals surface area contributed by atoms with Gasteiger partial charge in [-0.25, -0.2) is 4.98 Å². The third-order valence-electron chi connectivity index (χ3n) is 2.62. The maximum Gasteiger partial charge on any atom is 0.270 e. The van der Waals surface area contributed by atoms with E-state index in [2.05, 4.69) is 22.5 Å². The van der Waals surface area contributed by atoms with Gasteiger partial charge in [0, 0.05) is 6.54 Å². The number of carbonyl (C=O) groups excluding carboxylic acids is 2. The van der Waals surface area contributed by atoms with Gasteiger partial charge in [-0.15, -0.1) is 0 Å². The molecule has 104 valence electrons. The lowest BCUT2D eigenvalue weighted by Crippen LogP contribution is -2.53. The van der Waals surface area contributed by atoms with Crippen LogP contribution in [-0.4, -0.2) is 28.9 Å². The number of aromatic nitrogens is 1. The van der Waals surface area contributed by atoms with Gasteiger partial charge in [-0.3, -0.25) is 9.59 Å². The summed E-state index contributed by atoms with van der Waals surface area (Å²) in [5.41, 5.74) is 5.19. The van der Waals surface area contributed by atoms with Crippen molar-refractivity contribution in [1.29, 1.82) is 0 Å². The molecule has 4 N–H and O–H groups in total. The summed E-state index contributed by atoms with van der Waals surface area (Å²) in [5, 5.41) is 5.70. The molecule has 1 heterocycles. The molecule has 0 aliphatic heterocycles. The molecule has 1 aromatic heterocycles. The number of nitrogens with two attached hydrogens (primary N) is 1. The third kappa shape index (κ3) is 4.24. The lowest BCUT2D eigenvalue weighted by atomic mass is 10.1. The van der Waals surface area contributed by atoms with Crippen molar-refractivity contribution in [3.8, 4) is 0 Å². The molecule has 0 saturated carbocycles. The van der Waals surface area contributed by atoms with E-state index in [0.717, 1.165) is 18.7 Å². The fourth-order valence-corrected chi connectivity index (χ4v) is 1.31. The van der Waals surface area contributed by atoms with Gasteiger partial charge in [0.25, 0.3) is 5.91 Å². The second-order valence-corrected chi connectivity index (χ2v) is 4.80. The van der Waals surface area contributed by atoms with Crippen LogP contribution in [-0.2, 0) is 4.79 Å². The Hall–Kier alpha value is -2.11. The Labute approximate surface area is 112 Å². The summed E-state index contributed by atoms with van der Waals surface area (Å²) in [6.07, 6.45) is 2.59. The molecule has 0 unspecified atom stereocenters. The van der Waals surface area contributed by atoms with E-state index in [9.17, 15) is 9.59 Å². The predicted molar refractivity (Wildman–Crippen MR) is 73.8 cm³/mol. The van der Waals surface area contributed by atoms with Crippen LogP contribution in [0.2, 0.25) is 0 Å². The van der Waals surface area contributed by atoms with Crippen molar-refractivity contribution in [2.45, 2.75) is 32.7 Å². The molecule has 2 amide bonds. The van der Waals surface area contributed by atoms with Crippen molar-refractivity contribution in [2.75, 3.05) is 11.9 Å². The Balaban J connectivity index is 2.70. The maximum atomic E-state index is 11.9. The van der Waals surface area contributed by atoms with E-state index in [-0.39, 0.29) is 5.69 Å². The number of hydrogen-bond acceptors (Lipinski definition) is 4. The first-order chi connectivity index (χ1) is 8.86. The molecule has 0 aromatic carbocycles. The van der Waals surface area contributed by atoms with Crippen molar-refractivity contribution in [3.63, 3.8) is 0 Å². The minimum atomic E-state index is -1.10. The van der Waals surface area contributed by atoms with E-state index in [0.29, 0.717) is 0 Å². The van der Waals surface area contributed by atoms with Crippen molar-refractivity contribution >= 4 is 17.5 Å². The van der Waals surface area contributed by atoms with Gasteiger partial charge in [0.15, 0.2) is 0 Å². The van der Waals surface area contributed by atoms with Crippen LogP contribution in [0.3, 0.4) is 0 Å². The van der Waals surface area contributed by atoms with Crippen LogP contribution in [0.1, 0.15) is 37.7 Å². The highest BCUT2D eigenvalue weighted by molar-refractivity contribution is 5.97. The quantitative estimate of drug-likeness (QED) is 0.711. The molecular formula is C13H20N4O2. The number of hydrogen-bond donors (Lipinski definition) is 3. The molecule has 6 nitrogen and oxygen atoms in total. The van der Waals surface area contributed by atoms with E-state index in [1.165, 1.54) is 0 Å². The summed E-state index contributed by atoms with van der Waals surface area (Å²) in [6, 6.07) is 3.37. The molecular weight excluding hydrogens is 244 g/mol. The van der Waals surface area contributed by atoms with E-state index >= 15 is 0 Å². The first-order valence-electron chi connectivity index (χ1n) is 6.19. The topological polar surface area (TPSA) is 97.1 Å². The number of primary amides is 1. The second kappa shape index (κ2) is 6.17. The number of anilines is 1. The molecule has 0 fully saturated rings. The molecule has 0 saturated heterocycles. The Bertz CT molecular complexity index is 454. The van der Waals surface area contributed by atoms with Crippen LogP contribution in [0.4, 0.5) is 5.69 Å². The maximum absolute atomic E-state index is 11.9. The van der Waals surface area contributed by atoms with Crippen molar-refractivity contribution < 1.29 is 9.59 Å². The summed E-state index contributed by atoms with van der Waals surface area (Å²) >= 11 is 0. The van der Waals surface area contributed by atoms with Gasteiger partial charge in [0.1, 0.15) is 11.2 Å². The van der Waals surface area contributed by atoms with Crippen LogP contribution < -0.4 is 16.4 Å². The van der Waals surface area contributed by atoms with Crippen LogP contribution in [0, 0.1) is 0 Å². The summed E-state index contributed by atoms with van der Waals surface area (Å²) in [5.74, 6) is -1.02. The summed E-state index contributed by atoms with van der Waals surface area (Å²) < 4.78 is 0. The number of rotatable bonds is 6. The molecule has 1 rings (SSSR count). The summed E-state index contributed by atoms with van der Waals surface area (Å²) in [7, 11) is 0. The lowest BCUT2D eigenvalue weighted by molar-refractivity contribution is -0.122. The fraction of sp³-hybridized carbons (Fsp3) is 0.462. The largest absolute Gasteiger partial charge is 0.384 e. The molecule has 1 aromatic rings. The lowest BCUT2D eigenvalue weighted by Gasteiger charge is -2.21. The second-order valence-electron chi connectivity index (χ2n) is 4.80. The molecule has 0 aliphatic carbocycles. The van der Waals surface area contributed by atoms with E-state index in [1.807, 2.05) is 0 Å². The first kappa shape index (κ1) is 14.9. The van der Waals surface area contributed by atoms with Gasteiger partial charge in [-0.1, -0.05) is 6.92 Å². The Morgan fingerprint density at radius 2 is 2.05 bits per heavy atom. The molecule has 6 heteroatoms. The van der Waals surface area contributed by atoms with Crippen LogP contribution >= 0.6 is 0 Å². The van der Waals surface area contributed by atoms with Gasteiger partial charge >= 0.3 is 0 Å². The monoisotopic (exact) mass is 264 g/mol. The Kier molecular flexibility index (Phi) is 4.86. The Morgan fingerprint density at radius 1 is 1.37 bits per heavy atom. The SMILES string of the molecule is CCCNc1ccc(C(=O)NC(C)(C)C(N)=O)nc1. The van der Waals surface area contributed by atoms with Crippen molar-refractivity contribution in [3.05, 3.63) is 24.0 Å². The normalized spacial score (nSPS) is 10.9. The van der Waals surface area contributed by atoms with Gasteiger partial charge in [0.2, 0.25) is 5.91 Å². The van der Waals surface area contributed by atoms with Crippen LogP contribution in [0.5, 0.6) is 0 Å². The Morgan fingerprint density at radius 3 is 2.53 bits per heavy atom. The average molecular weight is 264 g/mol. The van der Waals surface area contributed by atoms with Crippen molar-refractivity contribution in [2.24, 2.45) is 5.73 Å². The summed E-state index contributed by atoms with van der Waals surface area (Å²) in [6.45, 7) is 6.00. The minimum Gasteiger partial charge on any atom is -0.384 e. The highest BCUT2D eigenvalue weighted by Crippen LogP contribution is 2.08. The van der Waals surface area contributed by atoms with E-state index in [4.69, 9.17) is 5.73 Å². The van der Waals surface area contributed by atoms with Crippen molar-refractivity contribution in [1.82, 2.24) is 10.3 Å². The fourth-order valence-electron chi connectivity index (χ4n) is 1.31. The highest BCUT2D eigenvalue weighted by atomic mass is 16.2. The number of pyridine rings is 1. The number of nitrogens with one attached hydrogen (secondary N) is 2. The molecule has 0 atom stereocenters. The highest BCUT2D eigenvalue weighted by Gasteiger charge is 2.27. The van der Waals surface area contributed by atoms with Crippen LogP contribution in [0.15, 0.2) is 18.3 Å². The molecule has 19 heavy (non-hydrogen) atoms. The minimum absolute atomic E-state index is 0.247. The smallest absolute Gasteiger partial charge is 0.270 e. The zero-order valence-corrected chi connectivity index (χ0v) is 11.5. The summed E-state index contributed by atoms with van der Waals surface area (Å²) in [4.78, 5) is 27.1. The van der Waals surface area contributed by atoms with E-state index in [1.54, 1.807) is 32.2 Å². The average Bonchev–Trinajstić information content (AvgIpc) is 2.36. The van der Waals surface area contributed by atoms with Crippen LogP contribution in [0.25, 0.3) is 0 Å². The molecule has 0 radical (unpaired) electrons. The first-order valence-corrected chi connectivity index (χ1v) is 6.19. The van der Waals surface area contributed by atoms with Gasteiger partial charge in [0.05, 0.1) is 11.9 Å². The molecule has 0 bridgehead atoms. The standard InChI is InChI=1S/C13H20N4O2/c1-4-7-15-9-5-6-10(16-8-9)11(18)17-13(2,3)12(14)19/h5-6,8,15H,4,7H2,1-3H3,(H2,14,19)(H,17,18). The zero-order chi connectivity index (χ0) is 14.5. The number of nitrogens with zero attached hydrogens (tertiary/aromatic N) is 1. The number of amides is 2. The van der Waals surface area contributed by atoms with E-state index < -0.39 is 17.4 Å². The molecule has 0 spiro atoms. The zero-order valence-electron chi connectivity index (χ0n) is 11.5. The number of carbonyl (C=O) groups is 2. The third-order valence-corrected chi connectivity index (χ3v) is 2.62. The van der Waals surface area contributed by atoms with Gasteiger partial charge in [-0.2, -0.15) is 0 Å².